The maximum atomic E-state index is 5.71. The summed E-state index contributed by atoms with van der Waals surface area (Å²) in [5.74, 6) is 2.52. The number of nitrogens with zero attached hydrogens (tertiary/aromatic N) is 6. The average molecular weight is 443 g/mol. The van der Waals surface area contributed by atoms with Crippen molar-refractivity contribution in [3.63, 3.8) is 0 Å². The molecule has 0 aliphatic carbocycles. The van der Waals surface area contributed by atoms with Crippen LogP contribution in [0.3, 0.4) is 0 Å². The van der Waals surface area contributed by atoms with Gasteiger partial charge in [0.2, 0.25) is 0 Å². The summed E-state index contributed by atoms with van der Waals surface area (Å²) in [7, 11) is 3.61. The monoisotopic (exact) mass is 442 g/mol. The number of fused-ring (bicyclic) bond motifs is 1. The third kappa shape index (κ3) is 3.60. The molecule has 5 heterocycles. The Morgan fingerprint density at radius 2 is 2.03 bits per heavy atom. The van der Waals surface area contributed by atoms with Crippen molar-refractivity contribution in [1.82, 2.24) is 24.7 Å². The van der Waals surface area contributed by atoms with Crippen LogP contribution in [-0.4, -0.2) is 58.1 Å². The van der Waals surface area contributed by atoms with Gasteiger partial charge in [0.15, 0.2) is 5.82 Å². The summed E-state index contributed by atoms with van der Waals surface area (Å²) >= 11 is 0. The lowest BCUT2D eigenvalue weighted by molar-refractivity contribution is -0.0985. The third-order valence-electron chi connectivity index (χ3n) is 6.76. The van der Waals surface area contributed by atoms with E-state index in [0.717, 1.165) is 77.7 Å². The molecule has 1 aromatic carbocycles. The highest BCUT2D eigenvalue weighted by Gasteiger charge is 2.45. The minimum Gasteiger partial charge on any atom is -0.496 e. The van der Waals surface area contributed by atoms with E-state index in [1.54, 1.807) is 11.8 Å². The van der Waals surface area contributed by atoms with Crippen LogP contribution in [0.15, 0.2) is 49.1 Å². The van der Waals surface area contributed by atoms with Crippen LogP contribution in [0.1, 0.15) is 17.8 Å². The summed E-state index contributed by atoms with van der Waals surface area (Å²) in [6, 6.07) is 8.20. The molecule has 8 nitrogen and oxygen atoms in total. The minimum absolute atomic E-state index is 0.295. The summed E-state index contributed by atoms with van der Waals surface area (Å²) in [5.41, 5.74) is 4.37. The first-order chi connectivity index (χ1) is 16.1. The zero-order chi connectivity index (χ0) is 22.4. The fourth-order valence-corrected chi connectivity index (χ4v) is 4.85. The molecule has 2 aliphatic rings. The topological polar surface area (TPSA) is 78.2 Å². The Balaban J connectivity index is 1.31. The summed E-state index contributed by atoms with van der Waals surface area (Å²) in [6.07, 6.45) is 9.32. The van der Waals surface area contributed by atoms with Gasteiger partial charge in [0.25, 0.3) is 0 Å². The zero-order valence-electron chi connectivity index (χ0n) is 18.9. The van der Waals surface area contributed by atoms with Crippen molar-refractivity contribution in [2.45, 2.75) is 12.8 Å². The standard InChI is InChI=1S/C25H26N6O2/c1-30-13-20(12-28-30)17-3-4-18(21(9-17)32-2)10-22-27-11-19-5-7-26-24(23(19)29-22)31-8-6-25(14-31)15-33-16-25/h3-5,7,9,11-13H,6,8,10,14-16H2,1-2H3. The highest BCUT2D eigenvalue weighted by molar-refractivity contribution is 5.88. The summed E-state index contributed by atoms with van der Waals surface area (Å²) in [6.45, 7) is 3.66. The Morgan fingerprint density at radius 3 is 2.76 bits per heavy atom. The van der Waals surface area contributed by atoms with Gasteiger partial charge in [-0.05, 0) is 24.1 Å². The normalized spacial score (nSPS) is 17.0. The van der Waals surface area contributed by atoms with E-state index < -0.39 is 0 Å². The van der Waals surface area contributed by atoms with Gasteiger partial charge in [0.05, 0.1) is 26.5 Å². The number of benzene rings is 1. The number of methoxy groups -OCH3 is 1. The first-order valence-electron chi connectivity index (χ1n) is 11.2. The molecule has 0 amide bonds. The number of aromatic nitrogens is 5. The van der Waals surface area contributed by atoms with Crippen molar-refractivity contribution in [3.8, 4) is 16.9 Å². The van der Waals surface area contributed by atoms with Gasteiger partial charge >= 0.3 is 0 Å². The Bertz CT molecular complexity index is 1330. The lowest BCUT2D eigenvalue weighted by Gasteiger charge is -2.37. The van der Waals surface area contributed by atoms with Gasteiger partial charge in [-0.25, -0.2) is 15.0 Å². The molecule has 2 aliphatic heterocycles. The van der Waals surface area contributed by atoms with Gasteiger partial charge in [0.1, 0.15) is 17.1 Å². The van der Waals surface area contributed by atoms with E-state index in [2.05, 4.69) is 27.1 Å². The van der Waals surface area contributed by atoms with Gasteiger partial charge in [0, 0.05) is 67.1 Å². The van der Waals surface area contributed by atoms with Crippen molar-refractivity contribution in [2.75, 3.05) is 38.3 Å². The molecule has 2 saturated heterocycles. The second-order valence-electron chi connectivity index (χ2n) is 9.13. The Labute approximate surface area is 192 Å². The molecular formula is C25H26N6O2. The predicted octanol–water partition coefficient (Wildman–Crippen LogP) is 3.25. The van der Waals surface area contributed by atoms with Crippen molar-refractivity contribution in [1.29, 1.82) is 0 Å². The lowest BCUT2D eigenvalue weighted by Crippen LogP contribution is -2.44. The first-order valence-corrected chi connectivity index (χ1v) is 11.2. The number of pyridine rings is 1. The number of hydrogen-bond donors (Lipinski definition) is 0. The van der Waals surface area contributed by atoms with Crippen molar-refractivity contribution < 1.29 is 9.47 Å². The number of rotatable bonds is 5. The Hall–Kier alpha value is -3.52. The Morgan fingerprint density at radius 1 is 1.12 bits per heavy atom. The van der Waals surface area contributed by atoms with Crippen LogP contribution in [0.2, 0.25) is 0 Å². The minimum atomic E-state index is 0.295. The van der Waals surface area contributed by atoms with Gasteiger partial charge in [-0.15, -0.1) is 0 Å². The summed E-state index contributed by atoms with van der Waals surface area (Å²) in [4.78, 5) is 16.6. The van der Waals surface area contributed by atoms with Gasteiger partial charge in [-0.3, -0.25) is 4.68 Å². The van der Waals surface area contributed by atoms with Crippen LogP contribution in [-0.2, 0) is 18.2 Å². The summed E-state index contributed by atoms with van der Waals surface area (Å²) in [5, 5.41) is 5.27. The maximum Gasteiger partial charge on any atom is 0.155 e. The molecule has 0 saturated carbocycles. The highest BCUT2D eigenvalue weighted by atomic mass is 16.5. The maximum absolute atomic E-state index is 5.71. The number of aryl methyl sites for hydroxylation is 1. The van der Waals surface area contributed by atoms with Gasteiger partial charge in [-0.2, -0.15) is 5.10 Å². The second kappa shape index (κ2) is 7.81. The van der Waals surface area contributed by atoms with E-state index in [9.17, 15) is 0 Å². The first kappa shape index (κ1) is 20.1. The fraction of sp³-hybridized carbons (Fsp3) is 0.360. The molecule has 0 bridgehead atoms. The number of ether oxygens (including phenoxy) is 2. The molecule has 6 rings (SSSR count). The summed E-state index contributed by atoms with van der Waals surface area (Å²) < 4.78 is 13.0. The van der Waals surface area contributed by atoms with E-state index in [1.165, 1.54) is 0 Å². The third-order valence-corrected chi connectivity index (χ3v) is 6.76. The van der Waals surface area contributed by atoms with Crippen molar-refractivity contribution >= 4 is 16.7 Å². The molecular weight excluding hydrogens is 416 g/mol. The molecule has 168 valence electrons. The van der Waals surface area contributed by atoms with E-state index in [0.29, 0.717) is 11.8 Å². The van der Waals surface area contributed by atoms with Crippen LogP contribution >= 0.6 is 0 Å². The Kier molecular flexibility index (Phi) is 4.76. The molecule has 2 fully saturated rings. The van der Waals surface area contributed by atoms with E-state index in [4.69, 9.17) is 19.4 Å². The lowest BCUT2D eigenvalue weighted by atomic mass is 9.85. The number of anilines is 1. The molecule has 4 aromatic rings. The largest absolute Gasteiger partial charge is 0.496 e. The van der Waals surface area contributed by atoms with E-state index in [-0.39, 0.29) is 0 Å². The van der Waals surface area contributed by atoms with Crippen LogP contribution in [0.5, 0.6) is 5.75 Å². The van der Waals surface area contributed by atoms with Crippen LogP contribution in [0, 0.1) is 5.41 Å². The quantitative estimate of drug-likeness (QED) is 0.469. The van der Waals surface area contributed by atoms with Crippen LogP contribution < -0.4 is 9.64 Å². The molecule has 8 heteroatoms. The zero-order valence-corrected chi connectivity index (χ0v) is 18.9. The van der Waals surface area contributed by atoms with E-state index >= 15 is 0 Å². The molecule has 0 N–H and O–H groups in total. The van der Waals surface area contributed by atoms with Gasteiger partial charge < -0.3 is 14.4 Å². The molecule has 1 spiro atoms. The fourth-order valence-electron chi connectivity index (χ4n) is 4.85. The molecule has 0 atom stereocenters. The average Bonchev–Trinajstić information content (AvgIpc) is 3.46. The van der Waals surface area contributed by atoms with Crippen LogP contribution in [0.25, 0.3) is 22.0 Å². The predicted molar refractivity (Wildman–Crippen MR) is 125 cm³/mol. The highest BCUT2D eigenvalue weighted by Crippen LogP contribution is 2.40. The van der Waals surface area contributed by atoms with Gasteiger partial charge in [-0.1, -0.05) is 12.1 Å². The van der Waals surface area contributed by atoms with Crippen molar-refractivity contribution in [3.05, 3.63) is 60.4 Å². The van der Waals surface area contributed by atoms with Crippen molar-refractivity contribution in [2.24, 2.45) is 12.5 Å². The van der Waals surface area contributed by atoms with Crippen LogP contribution in [0.4, 0.5) is 5.82 Å². The SMILES string of the molecule is COc1cc(-c2cnn(C)c2)ccc1Cc1ncc2ccnc(N3CCC4(COC4)C3)c2n1. The molecule has 33 heavy (non-hydrogen) atoms. The smallest absolute Gasteiger partial charge is 0.155 e. The molecule has 0 unspecified atom stereocenters. The van der Waals surface area contributed by atoms with E-state index in [1.807, 2.05) is 44.0 Å². The second-order valence-corrected chi connectivity index (χ2v) is 9.13. The number of hydrogen-bond acceptors (Lipinski definition) is 7. The molecule has 3 aromatic heterocycles. The molecule has 0 radical (unpaired) electrons.